The summed E-state index contributed by atoms with van der Waals surface area (Å²) in [5.41, 5.74) is 0.569. The summed E-state index contributed by atoms with van der Waals surface area (Å²) in [6, 6.07) is 8.08. The highest BCUT2D eigenvalue weighted by Crippen LogP contribution is 2.46. The minimum atomic E-state index is 0.104. The van der Waals surface area contributed by atoms with E-state index in [9.17, 15) is 0 Å². The summed E-state index contributed by atoms with van der Waals surface area (Å²) in [5.74, 6) is 0.860. The largest absolute Gasteiger partial charge is 0.378 e. The van der Waals surface area contributed by atoms with Crippen LogP contribution in [0.1, 0.15) is 45.7 Å². The lowest BCUT2D eigenvalue weighted by molar-refractivity contribution is -0.109. The lowest BCUT2D eigenvalue weighted by Crippen LogP contribution is -2.61. The van der Waals surface area contributed by atoms with Crippen molar-refractivity contribution >= 4 is 5.82 Å². The summed E-state index contributed by atoms with van der Waals surface area (Å²) in [6.45, 7) is 7.54. The van der Waals surface area contributed by atoms with Gasteiger partial charge in [0, 0.05) is 25.1 Å². The Morgan fingerprint density at radius 3 is 2.86 bits per heavy atom. The minimum Gasteiger partial charge on any atom is -0.378 e. The fourth-order valence-corrected chi connectivity index (χ4v) is 3.02. The molecule has 0 bridgehead atoms. The number of aromatic nitrogens is 1. The molecule has 0 radical (unpaired) electrons. The number of ether oxygens (including phenoxy) is 1. The maximum Gasteiger partial charge on any atom is 0.142 e. The predicted octanol–water partition coefficient (Wildman–Crippen LogP) is 3.37. The molecule has 4 nitrogen and oxygen atoms in total. The monoisotopic (exact) mass is 287 g/mol. The van der Waals surface area contributed by atoms with Crippen LogP contribution in [0.4, 0.5) is 5.82 Å². The van der Waals surface area contributed by atoms with Gasteiger partial charge >= 0.3 is 0 Å². The molecule has 0 amide bonds. The molecule has 0 aromatic carbocycles. The predicted molar refractivity (Wildman–Crippen MR) is 84.2 cm³/mol. The minimum absolute atomic E-state index is 0.104. The quantitative estimate of drug-likeness (QED) is 0.753. The van der Waals surface area contributed by atoms with E-state index in [1.54, 1.807) is 6.07 Å². The molecule has 1 aromatic rings. The average Bonchev–Trinajstić information content (AvgIpc) is 2.49. The van der Waals surface area contributed by atoms with E-state index in [0.29, 0.717) is 17.8 Å². The van der Waals surface area contributed by atoms with E-state index in [0.717, 1.165) is 25.3 Å². The van der Waals surface area contributed by atoms with Gasteiger partial charge in [-0.25, -0.2) is 4.98 Å². The first kappa shape index (κ1) is 15.8. The summed E-state index contributed by atoms with van der Waals surface area (Å²) in [4.78, 5) is 6.57. The zero-order valence-corrected chi connectivity index (χ0v) is 13.5. The number of hydrogen-bond donors (Lipinski definition) is 0. The van der Waals surface area contributed by atoms with Crippen molar-refractivity contribution in [1.29, 1.82) is 5.26 Å². The van der Waals surface area contributed by atoms with Crippen LogP contribution in [0.25, 0.3) is 0 Å². The first-order valence-corrected chi connectivity index (χ1v) is 7.72. The first-order valence-electron chi connectivity index (χ1n) is 7.72. The molecule has 1 fully saturated rings. The second-order valence-corrected chi connectivity index (χ2v) is 6.39. The van der Waals surface area contributed by atoms with Crippen molar-refractivity contribution < 1.29 is 4.74 Å². The van der Waals surface area contributed by atoms with Gasteiger partial charge in [-0.2, -0.15) is 5.26 Å². The van der Waals surface area contributed by atoms with Crippen molar-refractivity contribution in [1.82, 2.24) is 4.98 Å². The number of unbranched alkanes of at least 4 members (excludes halogenated alkanes) is 1. The molecule has 4 heteroatoms. The average molecular weight is 287 g/mol. The van der Waals surface area contributed by atoms with Crippen molar-refractivity contribution in [2.75, 3.05) is 18.6 Å². The highest BCUT2D eigenvalue weighted by Gasteiger charge is 2.51. The fourth-order valence-electron chi connectivity index (χ4n) is 3.02. The smallest absolute Gasteiger partial charge is 0.142 e. The molecule has 1 heterocycles. The topological polar surface area (TPSA) is 49.1 Å². The van der Waals surface area contributed by atoms with Gasteiger partial charge in [0.15, 0.2) is 0 Å². The normalized spacial score (nSPS) is 23.2. The van der Waals surface area contributed by atoms with Gasteiger partial charge in [-0.1, -0.05) is 33.3 Å². The molecule has 2 atom stereocenters. The van der Waals surface area contributed by atoms with Gasteiger partial charge in [-0.15, -0.1) is 0 Å². The van der Waals surface area contributed by atoms with Crippen LogP contribution in [-0.2, 0) is 4.74 Å². The Morgan fingerprint density at radius 2 is 2.24 bits per heavy atom. The molecule has 114 valence electrons. The second kappa shape index (κ2) is 6.44. The molecule has 1 saturated carbocycles. The first-order chi connectivity index (χ1) is 10.0. The standard InChI is InChI=1S/C17H25N3O/c1-5-6-10-21-15-11-14(17(15,2)3)20(4)16-9-7-8-13(12-18)19-16/h7-9,14-15H,5-6,10-11H2,1-4H3. The third-order valence-corrected chi connectivity index (χ3v) is 4.62. The van der Waals surface area contributed by atoms with E-state index < -0.39 is 0 Å². The van der Waals surface area contributed by atoms with Crippen LogP contribution in [0.15, 0.2) is 18.2 Å². The maximum atomic E-state index is 8.97. The Bertz CT molecular complexity index is 521. The van der Waals surface area contributed by atoms with Crippen LogP contribution in [0.2, 0.25) is 0 Å². The third kappa shape index (κ3) is 3.19. The maximum absolute atomic E-state index is 8.97. The van der Waals surface area contributed by atoms with Crippen molar-refractivity contribution in [2.24, 2.45) is 5.41 Å². The Balaban J connectivity index is 2.01. The number of anilines is 1. The molecule has 1 aliphatic carbocycles. The SMILES string of the molecule is CCCCOC1CC(N(C)c2cccc(C#N)n2)C1(C)C. The van der Waals surface area contributed by atoms with Gasteiger partial charge in [0.1, 0.15) is 17.6 Å². The van der Waals surface area contributed by atoms with Gasteiger partial charge in [-0.3, -0.25) is 0 Å². The van der Waals surface area contributed by atoms with E-state index in [1.165, 1.54) is 6.42 Å². The lowest BCUT2D eigenvalue weighted by atomic mass is 9.64. The van der Waals surface area contributed by atoms with Crippen LogP contribution in [0, 0.1) is 16.7 Å². The van der Waals surface area contributed by atoms with Crippen LogP contribution in [-0.4, -0.2) is 30.8 Å². The molecule has 2 unspecified atom stereocenters. The van der Waals surface area contributed by atoms with Crippen LogP contribution in [0.5, 0.6) is 0 Å². The summed E-state index contributed by atoms with van der Waals surface area (Å²) >= 11 is 0. The molecular weight excluding hydrogens is 262 g/mol. The molecule has 2 rings (SSSR count). The van der Waals surface area contributed by atoms with E-state index in [4.69, 9.17) is 10.00 Å². The van der Waals surface area contributed by atoms with Crippen molar-refractivity contribution in [3.05, 3.63) is 23.9 Å². The zero-order chi connectivity index (χ0) is 15.5. The Morgan fingerprint density at radius 1 is 1.48 bits per heavy atom. The second-order valence-electron chi connectivity index (χ2n) is 6.39. The zero-order valence-electron chi connectivity index (χ0n) is 13.5. The van der Waals surface area contributed by atoms with Crippen molar-refractivity contribution in [3.8, 4) is 6.07 Å². The Kier molecular flexibility index (Phi) is 4.84. The van der Waals surface area contributed by atoms with Gasteiger partial charge < -0.3 is 9.64 Å². The summed E-state index contributed by atoms with van der Waals surface area (Å²) in [5, 5.41) is 8.97. The molecule has 21 heavy (non-hydrogen) atoms. The number of pyridine rings is 1. The Labute approximate surface area is 127 Å². The van der Waals surface area contributed by atoms with E-state index >= 15 is 0 Å². The Hall–Kier alpha value is -1.60. The number of nitriles is 1. The summed E-state index contributed by atoms with van der Waals surface area (Å²) < 4.78 is 6.00. The fraction of sp³-hybridized carbons (Fsp3) is 0.647. The third-order valence-electron chi connectivity index (χ3n) is 4.62. The lowest BCUT2D eigenvalue weighted by Gasteiger charge is -2.55. The highest BCUT2D eigenvalue weighted by molar-refractivity contribution is 5.43. The van der Waals surface area contributed by atoms with E-state index in [-0.39, 0.29) is 5.41 Å². The summed E-state index contributed by atoms with van der Waals surface area (Å²) in [6.07, 6.45) is 3.63. The molecule has 0 N–H and O–H groups in total. The molecular formula is C17H25N3O. The number of nitrogens with zero attached hydrogens (tertiary/aromatic N) is 3. The molecule has 0 aliphatic heterocycles. The van der Waals surface area contributed by atoms with Gasteiger partial charge in [-0.05, 0) is 25.0 Å². The summed E-state index contributed by atoms with van der Waals surface area (Å²) in [7, 11) is 2.05. The van der Waals surface area contributed by atoms with E-state index in [1.807, 2.05) is 12.1 Å². The van der Waals surface area contributed by atoms with Gasteiger partial charge in [0.25, 0.3) is 0 Å². The van der Waals surface area contributed by atoms with Gasteiger partial charge in [0.05, 0.1) is 6.10 Å². The van der Waals surface area contributed by atoms with Crippen LogP contribution >= 0.6 is 0 Å². The highest BCUT2D eigenvalue weighted by atomic mass is 16.5. The van der Waals surface area contributed by atoms with Crippen molar-refractivity contribution in [3.63, 3.8) is 0 Å². The van der Waals surface area contributed by atoms with Gasteiger partial charge in [0.2, 0.25) is 0 Å². The number of rotatable bonds is 6. The molecule has 1 aliphatic rings. The molecule has 0 saturated heterocycles. The molecule has 0 spiro atoms. The van der Waals surface area contributed by atoms with Crippen LogP contribution in [0.3, 0.4) is 0 Å². The van der Waals surface area contributed by atoms with Crippen LogP contribution < -0.4 is 4.90 Å². The molecule has 1 aromatic heterocycles. The van der Waals surface area contributed by atoms with E-state index in [2.05, 4.69) is 43.8 Å². The van der Waals surface area contributed by atoms with Crippen molar-refractivity contribution in [2.45, 2.75) is 52.2 Å². The number of hydrogen-bond acceptors (Lipinski definition) is 4.